The second-order valence-electron chi connectivity index (χ2n) is 9.17. The van der Waals surface area contributed by atoms with Gasteiger partial charge in [-0.3, -0.25) is 4.79 Å². The van der Waals surface area contributed by atoms with Gasteiger partial charge in [0, 0.05) is 35.4 Å². The number of aromatic nitrogens is 1. The number of anilines is 2. The molecular formula is C24H26F3N5O2S. The predicted molar refractivity (Wildman–Crippen MR) is 130 cm³/mol. The van der Waals surface area contributed by atoms with Crippen molar-refractivity contribution in [3.05, 3.63) is 46.5 Å². The minimum Gasteiger partial charge on any atom is -0.491 e. The topological polar surface area (TPSA) is 106 Å². The molecule has 0 saturated carbocycles. The molecule has 7 nitrogen and oxygen atoms in total. The Morgan fingerprint density at radius 3 is 2.83 bits per heavy atom. The van der Waals surface area contributed by atoms with Gasteiger partial charge in [0.15, 0.2) is 0 Å². The molecule has 5 N–H and O–H groups in total. The number of thiophene rings is 1. The van der Waals surface area contributed by atoms with Crippen LogP contribution >= 0.6 is 11.3 Å². The lowest BCUT2D eigenvalue weighted by Crippen LogP contribution is -2.54. The zero-order valence-corrected chi connectivity index (χ0v) is 19.9. The van der Waals surface area contributed by atoms with Gasteiger partial charge in [-0.2, -0.15) is 13.2 Å². The molecule has 2 aliphatic rings. The van der Waals surface area contributed by atoms with Crippen molar-refractivity contribution in [1.29, 1.82) is 0 Å². The number of nitrogens with one attached hydrogen (secondary N) is 1. The van der Waals surface area contributed by atoms with Gasteiger partial charge in [0.1, 0.15) is 28.1 Å². The fraction of sp³-hybridized carbons (Fsp3) is 0.417. The van der Waals surface area contributed by atoms with Crippen molar-refractivity contribution in [2.75, 3.05) is 23.8 Å². The van der Waals surface area contributed by atoms with Gasteiger partial charge in [0.2, 0.25) is 0 Å². The number of amides is 1. The highest BCUT2D eigenvalue weighted by Crippen LogP contribution is 2.38. The van der Waals surface area contributed by atoms with Crippen molar-refractivity contribution in [3.8, 4) is 5.75 Å². The van der Waals surface area contributed by atoms with Crippen molar-refractivity contribution in [3.63, 3.8) is 0 Å². The molecule has 0 aliphatic carbocycles. The van der Waals surface area contributed by atoms with E-state index in [2.05, 4.69) is 10.3 Å². The molecule has 1 aromatic carbocycles. The number of fused-ring (bicyclic) bond motifs is 2. The number of ether oxygens (including phenoxy) is 1. The van der Waals surface area contributed by atoms with Crippen molar-refractivity contribution >= 4 is 38.8 Å². The number of carbonyl (C=O) groups excluding carboxylic acids is 1. The van der Waals surface area contributed by atoms with Crippen LogP contribution in [0.15, 0.2) is 30.3 Å². The molecule has 2 aliphatic heterocycles. The molecule has 4 heterocycles. The van der Waals surface area contributed by atoms with Crippen molar-refractivity contribution in [1.82, 2.24) is 10.3 Å². The minimum atomic E-state index is -4.34. The summed E-state index contributed by atoms with van der Waals surface area (Å²) in [5, 5.41) is 3.71. The number of piperidine rings is 1. The fourth-order valence-corrected chi connectivity index (χ4v) is 5.81. The van der Waals surface area contributed by atoms with Gasteiger partial charge in [-0.1, -0.05) is 6.07 Å². The van der Waals surface area contributed by atoms with Crippen LogP contribution in [0.4, 0.5) is 24.5 Å². The molecular weight excluding hydrogens is 479 g/mol. The van der Waals surface area contributed by atoms with Crippen LogP contribution in [0.25, 0.3) is 10.2 Å². The van der Waals surface area contributed by atoms with E-state index in [1.165, 1.54) is 16.2 Å². The van der Waals surface area contributed by atoms with Crippen LogP contribution in [0.2, 0.25) is 0 Å². The number of nitrogen functional groups attached to an aromatic ring is 1. The van der Waals surface area contributed by atoms with E-state index in [4.69, 9.17) is 16.2 Å². The number of hydrogen-bond donors (Lipinski definition) is 3. The molecule has 1 fully saturated rings. The molecule has 1 saturated heterocycles. The smallest absolute Gasteiger partial charge is 0.408 e. The van der Waals surface area contributed by atoms with Gasteiger partial charge >= 0.3 is 6.18 Å². The number of hydrogen-bond acceptors (Lipinski definition) is 7. The normalized spacial score (nSPS) is 22.5. The Balaban J connectivity index is 1.31. The summed E-state index contributed by atoms with van der Waals surface area (Å²) in [7, 11) is 0. The number of nitrogens with two attached hydrogens (primary N) is 2. The first-order valence-corrected chi connectivity index (χ1v) is 12.2. The first-order valence-electron chi connectivity index (χ1n) is 11.4. The highest BCUT2D eigenvalue weighted by Gasteiger charge is 2.46. The Labute approximate surface area is 204 Å². The number of nitrogens with zero attached hydrogens (tertiary/aromatic N) is 2. The van der Waals surface area contributed by atoms with E-state index < -0.39 is 12.2 Å². The first-order chi connectivity index (χ1) is 16.6. The molecule has 1 unspecified atom stereocenters. The summed E-state index contributed by atoms with van der Waals surface area (Å²) in [5.74, 6) is 0.223. The lowest BCUT2D eigenvalue weighted by molar-refractivity contribution is -0.153. The second kappa shape index (κ2) is 8.87. The summed E-state index contributed by atoms with van der Waals surface area (Å²) in [6, 6.07) is 6.59. The van der Waals surface area contributed by atoms with Crippen LogP contribution in [0.3, 0.4) is 0 Å². The summed E-state index contributed by atoms with van der Waals surface area (Å²) >= 11 is 1.24. The van der Waals surface area contributed by atoms with E-state index >= 15 is 0 Å². The largest absolute Gasteiger partial charge is 0.491 e. The SMILES string of the molecule is Cc1ccc2c(N)c(C(=O)N[C@H]3COc4cc(N5C[C@H](N)CCC5C(F)(F)F)ccc4C3)sc2n1. The van der Waals surface area contributed by atoms with Gasteiger partial charge in [0.25, 0.3) is 5.91 Å². The van der Waals surface area contributed by atoms with E-state index in [0.29, 0.717) is 39.7 Å². The van der Waals surface area contributed by atoms with Crippen LogP contribution < -0.4 is 26.4 Å². The summed E-state index contributed by atoms with van der Waals surface area (Å²) in [5.41, 5.74) is 14.7. The average molecular weight is 506 g/mol. The van der Waals surface area contributed by atoms with Gasteiger partial charge in [-0.05, 0) is 49.9 Å². The number of pyridine rings is 1. The lowest BCUT2D eigenvalue weighted by atomic mass is 9.96. The molecule has 0 bridgehead atoms. The number of aryl methyl sites for hydroxylation is 1. The Hall–Kier alpha value is -3.05. The lowest BCUT2D eigenvalue weighted by Gasteiger charge is -2.41. The third kappa shape index (κ3) is 4.62. The van der Waals surface area contributed by atoms with Gasteiger partial charge in [0.05, 0.1) is 11.7 Å². The third-order valence-electron chi connectivity index (χ3n) is 6.56. The van der Waals surface area contributed by atoms with Crippen LogP contribution in [-0.4, -0.2) is 48.3 Å². The molecule has 11 heteroatoms. The van der Waals surface area contributed by atoms with E-state index in [-0.39, 0.29) is 37.6 Å². The van der Waals surface area contributed by atoms with Crippen molar-refractivity contribution in [2.45, 2.75) is 50.5 Å². The quantitative estimate of drug-likeness (QED) is 0.500. The predicted octanol–water partition coefficient (Wildman–Crippen LogP) is 3.78. The molecule has 5 rings (SSSR count). The molecule has 35 heavy (non-hydrogen) atoms. The number of carbonyl (C=O) groups is 1. The number of alkyl halides is 3. The van der Waals surface area contributed by atoms with E-state index in [1.54, 1.807) is 18.2 Å². The highest BCUT2D eigenvalue weighted by atomic mass is 32.1. The summed E-state index contributed by atoms with van der Waals surface area (Å²) in [4.78, 5) is 19.8. The van der Waals surface area contributed by atoms with Crippen molar-refractivity contribution < 1.29 is 22.7 Å². The summed E-state index contributed by atoms with van der Waals surface area (Å²) < 4.78 is 46.7. The summed E-state index contributed by atoms with van der Waals surface area (Å²) in [6.45, 7) is 2.21. The van der Waals surface area contributed by atoms with Gasteiger partial charge in [-0.25, -0.2) is 4.98 Å². The van der Waals surface area contributed by atoms with Gasteiger partial charge in [-0.15, -0.1) is 11.3 Å². The molecule has 0 spiro atoms. The van der Waals surface area contributed by atoms with E-state index in [1.807, 2.05) is 19.1 Å². The number of halogens is 3. The first kappa shape index (κ1) is 23.7. The monoisotopic (exact) mass is 505 g/mol. The maximum Gasteiger partial charge on any atom is 0.408 e. The standard InChI is InChI=1S/C24H26F3N5O2S/c1-12-2-6-17-20(29)21(35-23(17)30-12)22(33)31-15-8-13-3-5-16(9-18(13)34-11-15)32-10-14(28)4-7-19(32)24(25,26)27/h2-3,5-6,9,14-15,19H,4,7-8,10-11,28-29H2,1H3,(H,31,33)/t14-,15-,19?/m1/s1. The zero-order valence-electron chi connectivity index (χ0n) is 19.1. The van der Waals surface area contributed by atoms with Gasteiger partial charge < -0.3 is 26.4 Å². The second-order valence-corrected chi connectivity index (χ2v) is 10.2. The van der Waals surface area contributed by atoms with Crippen LogP contribution in [-0.2, 0) is 6.42 Å². The average Bonchev–Trinajstić information content (AvgIpc) is 3.13. The third-order valence-corrected chi connectivity index (χ3v) is 7.67. The van der Waals surface area contributed by atoms with E-state index in [0.717, 1.165) is 16.6 Å². The Morgan fingerprint density at radius 1 is 1.26 bits per heavy atom. The molecule has 186 valence electrons. The number of benzene rings is 1. The Bertz CT molecular complexity index is 1280. The minimum absolute atomic E-state index is 0.0351. The Kier molecular flexibility index (Phi) is 6.00. The van der Waals surface area contributed by atoms with Crippen LogP contribution in [0.1, 0.15) is 33.8 Å². The van der Waals surface area contributed by atoms with Crippen LogP contribution in [0.5, 0.6) is 5.75 Å². The molecule has 3 atom stereocenters. The molecule has 3 aromatic rings. The zero-order chi connectivity index (χ0) is 24.9. The Morgan fingerprint density at radius 2 is 2.06 bits per heavy atom. The maximum atomic E-state index is 13.6. The van der Waals surface area contributed by atoms with Crippen molar-refractivity contribution in [2.24, 2.45) is 5.73 Å². The molecule has 1 amide bonds. The fourth-order valence-electron chi connectivity index (χ4n) is 4.77. The molecule has 2 aromatic heterocycles. The highest BCUT2D eigenvalue weighted by molar-refractivity contribution is 7.21. The van der Waals surface area contributed by atoms with Crippen LogP contribution in [0, 0.1) is 6.92 Å². The van der Waals surface area contributed by atoms with E-state index in [9.17, 15) is 18.0 Å². The maximum absolute atomic E-state index is 13.6. The number of rotatable bonds is 3. The summed E-state index contributed by atoms with van der Waals surface area (Å²) in [6.07, 6.45) is -3.54. The molecule has 0 radical (unpaired) electrons.